The summed E-state index contributed by atoms with van der Waals surface area (Å²) < 4.78 is 0. The molecule has 2 amide bonds. The summed E-state index contributed by atoms with van der Waals surface area (Å²) in [7, 11) is 0. The Morgan fingerprint density at radius 1 is 1.20 bits per heavy atom. The average molecular weight is 294 g/mol. The maximum absolute atomic E-state index is 11.6. The van der Waals surface area contributed by atoms with Crippen molar-refractivity contribution in [1.29, 1.82) is 5.41 Å². The molecule has 0 aliphatic rings. The van der Waals surface area contributed by atoms with Crippen molar-refractivity contribution in [3.05, 3.63) is 29.8 Å². The van der Waals surface area contributed by atoms with Gasteiger partial charge >= 0.3 is 0 Å². The second-order valence-corrected chi connectivity index (χ2v) is 4.58. The van der Waals surface area contributed by atoms with Gasteiger partial charge in [-0.1, -0.05) is 11.8 Å². The second-order valence-electron chi connectivity index (χ2n) is 3.62. The van der Waals surface area contributed by atoms with Gasteiger partial charge in [-0.15, -0.1) is 0 Å². The Kier molecular flexibility index (Phi) is 5.54. The third-order valence-corrected chi connectivity index (χ3v) is 2.80. The van der Waals surface area contributed by atoms with E-state index in [0.717, 1.165) is 11.8 Å². The van der Waals surface area contributed by atoms with Gasteiger partial charge in [0.1, 0.15) is 0 Å². The van der Waals surface area contributed by atoms with Gasteiger partial charge in [-0.2, -0.15) is 4.99 Å². The van der Waals surface area contributed by atoms with Gasteiger partial charge < -0.3 is 22.5 Å². The Hall–Kier alpha value is -2.55. The first-order chi connectivity index (χ1) is 9.38. The number of aliphatic imine (C=N–C) groups is 1. The number of hydrogen-bond donors (Lipinski definition) is 5. The molecule has 1 aromatic carbocycles. The highest BCUT2D eigenvalue weighted by Crippen LogP contribution is 2.10. The number of anilines is 1. The van der Waals surface area contributed by atoms with Crippen LogP contribution in [0.15, 0.2) is 29.3 Å². The van der Waals surface area contributed by atoms with E-state index in [1.165, 1.54) is 12.1 Å². The first-order valence-corrected chi connectivity index (χ1v) is 6.37. The van der Waals surface area contributed by atoms with E-state index in [1.807, 2.05) is 0 Å². The van der Waals surface area contributed by atoms with Gasteiger partial charge in [-0.25, -0.2) is 0 Å². The van der Waals surface area contributed by atoms with Gasteiger partial charge in [0.05, 0.1) is 5.75 Å². The van der Waals surface area contributed by atoms with Gasteiger partial charge in [-0.05, 0) is 24.3 Å². The number of primary amides is 1. The summed E-state index contributed by atoms with van der Waals surface area (Å²) in [6, 6.07) is 6.13. The Balaban J connectivity index is 2.48. The number of benzene rings is 1. The fraction of sp³-hybridized carbons (Fsp3) is 0.0909. The molecule has 0 spiro atoms. The number of carbonyl (C=O) groups is 2. The van der Waals surface area contributed by atoms with Crippen LogP contribution in [-0.2, 0) is 4.79 Å². The Morgan fingerprint density at radius 2 is 1.80 bits per heavy atom. The van der Waals surface area contributed by atoms with Crippen molar-refractivity contribution >= 4 is 40.4 Å². The minimum absolute atomic E-state index is 0.00676. The van der Waals surface area contributed by atoms with E-state index in [1.54, 1.807) is 12.1 Å². The van der Waals surface area contributed by atoms with E-state index in [0.29, 0.717) is 11.3 Å². The lowest BCUT2D eigenvalue weighted by molar-refractivity contribution is -0.113. The van der Waals surface area contributed by atoms with Crippen LogP contribution in [0.5, 0.6) is 0 Å². The third kappa shape index (κ3) is 5.40. The first kappa shape index (κ1) is 15.5. The number of thioether (sulfide) groups is 1. The van der Waals surface area contributed by atoms with Crippen molar-refractivity contribution in [3.63, 3.8) is 0 Å². The average Bonchev–Trinajstić information content (AvgIpc) is 2.36. The predicted molar refractivity (Wildman–Crippen MR) is 79.6 cm³/mol. The van der Waals surface area contributed by atoms with Crippen LogP contribution in [0.25, 0.3) is 0 Å². The van der Waals surface area contributed by atoms with E-state index in [2.05, 4.69) is 10.3 Å². The Labute approximate surface area is 119 Å². The van der Waals surface area contributed by atoms with Crippen molar-refractivity contribution in [2.24, 2.45) is 22.2 Å². The summed E-state index contributed by atoms with van der Waals surface area (Å²) in [4.78, 5) is 25.9. The molecule has 0 aliphatic heterocycles. The van der Waals surface area contributed by atoms with Crippen LogP contribution in [0.4, 0.5) is 5.69 Å². The molecule has 8 nitrogen and oxygen atoms in total. The lowest BCUT2D eigenvalue weighted by Gasteiger charge is -2.05. The number of amidine groups is 1. The standard InChI is InChI=1S/C11H14N6O2S/c12-9(19)6-1-3-7(4-2-6)16-8(18)5-20-11(15)17-10(13)14/h1-4H,5H2,(H2,12,19)(H,16,18)(H5,13,14,15,17). The molecule has 106 valence electrons. The largest absolute Gasteiger partial charge is 0.370 e. The molecule has 0 fully saturated rings. The maximum atomic E-state index is 11.6. The fourth-order valence-corrected chi connectivity index (χ4v) is 1.71. The normalized spacial score (nSPS) is 9.60. The number of amides is 2. The minimum atomic E-state index is -0.538. The van der Waals surface area contributed by atoms with Crippen molar-refractivity contribution in [2.75, 3.05) is 11.1 Å². The molecule has 0 aliphatic carbocycles. The molecule has 0 atom stereocenters. The molecule has 0 unspecified atom stereocenters. The molecular formula is C11H14N6O2S. The van der Waals surface area contributed by atoms with Crippen LogP contribution in [0.3, 0.4) is 0 Å². The summed E-state index contributed by atoms with van der Waals surface area (Å²) >= 11 is 0.890. The quantitative estimate of drug-likeness (QED) is 0.379. The van der Waals surface area contributed by atoms with Crippen LogP contribution in [0, 0.1) is 5.41 Å². The summed E-state index contributed by atoms with van der Waals surface area (Å²) in [6.07, 6.45) is 0. The topological polar surface area (TPSA) is 160 Å². The fourth-order valence-electron chi connectivity index (χ4n) is 1.20. The molecule has 9 heteroatoms. The molecule has 20 heavy (non-hydrogen) atoms. The van der Waals surface area contributed by atoms with Crippen LogP contribution >= 0.6 is 11.8 Å². The number of hydrogen-bond acceptors (Lipinski definition) is 4. The van der Waals surface area contributed by atoms with Gasteiger partial charge in [0.25, 0.3) is 0 Å². The summed E-state index contributed by atoms with van der Waals surface area (Å²) in [5, 5.41) is 9.80. The van der Waals surface area contributed by atoms with Crippen LogP contribution < -0.4 is 22.5 Å². The lowest BCUT2D eigenvalue weighted by atomic mass is 10.2. The number of nitrogens with zero attached hydrogens (tertiary/aromatic N) is 1. The maximum Gasteiger partial charge on any atom is 0.248 e. The van der Waals surface area contributed by atoms with Gasteiger partial charge in [-0.3, -0.25) is 15.0 Å². The molecule has 0 radical (unpaired) electrons. The lowest BCUT2D eigenvalue weighted by Crippen LogP contribution is -2.24. The van der Waals surface area contributed by atoms with Crippen LogP contribution in [0.2, 0.25) is 0 Å². The molecule has 0 saturated carbocycles. The molecule has 0 saturated heterocycles. The van der Waals surface area contributed by atoms with Crippen molar-refractivity contribution in [2.45, 2.75) is 0 Å². The highest BCUT2D eigenvalue weighted by atomic mass is 32.2. The molecule has 0 aromatic heterocycles. The molecule has 1 rings (SSSR count). The second kappa shape index (κ2) is 7.14. The first-order valence-electron chi connectivity index (χ1n) is 5.39. The smallest absolute Gasteiger partial charge is 0.248 e. The third-order valence-electron chi connectivity index (χ3n) is 2.02. The summed E-state index contributed by atoms with van der Waals surface area (Å²) in [5.74, 6) is -1.10. The van der Waals surface area contributed by atoms with Crippen molar-refractivity contribution in [3.8, 4) is 0 Å². The number of carbonyl (C=O) groups excluding carboxylic acids is 2. The zero-order valence-electron chi connectivity index (χ0n) is 10.4. The zero-order chi connectivity index (χ0) is 15.1. The van der Waals surface area contributed by atoms with E-state index in [-0.39, 0.29) is 22.8 Å². The number of rotatable bonds is 4. The monoisotopic (exact) mass is 294 g/mol. The molecule has 8 N–H and O–H groups in total. The highest BCUT2D eigenvalue weighted by molar-refractivity contribution is 8.14. The number of nitrogens with two attached hydrogens (primary N) is 3. The Bertz CT molecular complexity index is 551. The van der Waals surface area contributed by atoms with Crippen LogP contribution in [-0.4, -0.2) is 28.7 Å². The van der Waals surface area contributed by atoms with E-state index < -0.39 is 5.91 Å². The van der Waals surface area contributed by atoms with E-state index >= 15 is 0 Å². The van der Waals surface area contributed by atoms with Crippen molar-refractivity contribution in [1.82, 2.24) is 0 Å². The summed E-state index contributed by atoms with van der Waals surface area (Å²) in [6.45, 7) is 0. The molecule has 0 heterocycles. The number of nitrogens with one attached hydrogen (secondary N) is 2. The SMILES string of the molecule is N=C(N=C(N)N)SCC(=O)Nc1ccc(C(N)=O)cc1. The molecule has 0 bridgehead atoms. The predicted octanol–water partition coefficient (Wildman–Crippen LogP) is -0.335. The molecular weight excluding hydrogens is 280 g/mol. The van der Waals surface area contributed by atoms with E-state index in [4.69, 9.17) is 22.6 Å². The van der Waals surface area contributed by atoms with Gasteiger partial charge in [0.15, 0.2) is 11.1 Å². The highest BCUT2D eigenvalue weighted by Gasteiger charge is 2.06. The zero-order valence-corrected chi connectivity index (χ0v) is 11.2. The van der Waals surface area contributed by atoms with E-state index in [9.17, 15) is 9.59 Å². The molecule has 1 aromatic rings. The number of guanidine groups is 1. The van der Waals surface area contributed by atoms with Gasteiger partial charge in [0, 0.05) is 11.3 Å². The van der Waals surface area contributed by atoms with Crippen molar-refractivity contribution < 1.29 is 9.59 Å². The summed E-state index contributed by atoms with van der Waals surface area (Å²) in [5.41, 5.74) is 16.2. The van der Waals surface area contributed by atoms with Gasteiger partial charge in [0.2, 0.25) is 11.8 Å². The minimum Gasteiger partial charge on any atom is -0.370 e. The van der Waals surface area contributed by atoms with Crippen LogP contribution in [0.1, 0.15) is 10.4 Å². The Morgan fingerprint density at radius 3 is 2.30 bits per heavy atom.